The zero-order chi connectivity index (χ0) is 20.8. The molecule has 0 bridgehead atoms. The van der Waals surface area contributed by atoms with Crippen LogP contribution in [0.2, 0.25) is 0 Å². The number of amidine groups is 1. The predicted molar refractivity (Wildman–Crippen MR) is 112 cm³/mol. The first-order valence-electron chi connectivity index (χ1n) is 9.30. The number of hydrogen-bond acceptors (Lipinski definition) is 5. The molecule has 4 aromatic rings. The van der Waals surface area contributed by atoms with Gasteiger partial charge in [-0.05, 0) is 36.4 Å². The van der Waals surface area contributed by atoms with Gasteiger partial charge < -0.3 is 15.3 Å². The van der Waals surface area contributed by atoms with Crippen molar-refractivity contribution in [3.05, 3.63) is 102 Å². The van der Waals surface area contributed by atoms with Gasteiger partial charge in [-0.25, -0.2) is 4.39 Å². The molecule has 0 fully saturated rings. The van der Waals surface area contributed by atoms with Crippen molar-refractivity contribution in [2.45, 2.75) is 13.2 Å². The molecular formula is C23H19FN4O2. The van der Waals surface area contributed by atoms with E-state index in [2.05, 4.69) is 15.1 Å². The smallest absolute Gasteiger partial charge is 0.170 e. The summed E-state index contributed by atoms with van der Waals surface area (Å²) < 4.78 is 19.7. The second kappa shape index (κ2) is 9.00. The molecule has 2 N–H and O–H groups in total. The van der Waals surface area contributed by atoms with E-state index in [1.807, 2.05) is 30.3 Å². The van der Waals surface area contributed by atoms with Crippen molar-refractivity contribution < 1.29 is 14.0 Å². The second-order valence-corrected chi connectivity index (χ2v) is 6.53. The molecule has 7 heteroatoms. The van der Waals surface area contributed by atoms with E-state index in [1.165, 1.54) is 6.07 Å². The van der Waals surface area contributed by atoms with E-state index in [1.54, 1.807) is 42.9 Å². The molecule has 0 aliphatic rings. The van der Waals surface area contributed by atoms with Gasteiger partial charge in [0.05, 0.1) is 5.52 Å². The SMILES string of the molecule is N/C(=N/OCc1ccc(F)c2cccnc12)c1cccc(OCc2cccnc2)c1. The molecule has 6 nitrogen and oxygen atoms in total. The Morgan fingerprint density at radius 2 is 1.90 bits per heavy atom. The Labute approximate surface area is 172 Å². The van der Waals surface area contributed by atoms with Gasteiger partial charge in [0.1, 0.15) is 24.8 Å². The Hall–Kier alpha value is -4.00. The highest BCUT2D eigenvalue weighted by molar-refractivity contribution is 5.97. The summed E-state index contributed by atoms with van der Waals surface area (Å²) in [4.78, 5) is 13.7. The normalized spacial score (nSPS) is 11.4. The van der Waals surface area contributed by atoms with Crippen LogP contribution >= 0.6 is 0 Å². The fraction of sp³-hybridized carbons (Fsp3) is 0.0870. The fourth-order valence-electron chi connectivity index (χ4n) is 2.93. The maximum atomic E-state index is 13.9. The van der Waals surface area contributed by atoms with Crippen LogP contribution in [-0.4, -0.2) is 15.8 Å². The Morgan fingerprint density at radius 1 is 1.00 bits per heavy atom. The van der Waals surface area contributed by atoms with Crippen molar-refractivity contribution in [2.75, 3.05) is 0 Å². The number of ether oxygens (including phenoxy) is 1. The van der Waals surface area contributed by atoms with Crippen molar-refractivity contribution in [3.8, 4) is 5.75 Å². The summed E-state index contributed by atoms with van der Waals surface area (Å²) in [5.41, 5.74) is 8.95. The van der Waals surface area contributed by atoms with Crippen molar-refractivity contribution in [3.63, 3.8) is 0 Å². The van der Waals surface area contributed by atoms with Crippen molar-refractivity contribution in [1.29, 1.82) is 0 Å². The number of hydrogen-bond donors (Lipinski definition) is 1. The Kier molecular flexibility index (Phi) is 5.80. The van der Waals surface area contributed by atoms with Crippen LogP contribution in [0.1, 0.15) is 16.7 Å². The summed E-state index contributed by atoms with van der Waals surface area (Å²) >= 11 is 0. The maximum absolute atomic E-state index is 13.9. The van der Waals surface area contributed by atoms with Gasteiger partial charge in [0.15, 0.2) is 5.84 Å². The lowest BCUT2D eigenvalue weighted by Gasteiger charge is -2.08. The van der Waals surface area contributed by atoms with E-state index in [0.29, 0.717) is 28.8 Å². The third kappa shape index (κ3) is 4.52. The average molecular weight is 402 g/mol. The van der Waals surface area contributed by atoms with Gasteiger partial charge in [0.2, 0.25) is 0 Å². The van der Waals surface area contributed by atoms with Gasteiger partial charge in [0.25, 0.3) is 0 Å². The molecule has 150 valence electrons. The summed E-state index contributed by atoms with van der Waals surface area (Å²) in [7, 11) is 0. The summed E-state index contributed by atoms with van der Waals surface area (Å²) in [6.07, 6.45) is 5.08. The van der Waals surface area contributed by atoms with Gasteiger partial charge in [-0.15, -0.1) is 0 Å². The number of fused-ring (bicyclic) bond motifs is 1. The summed E-state index contributed by atoms with van der Waals surface area (Å²) in [5, 5.41) is 4.42. The Bertz CT molecular complexity index is 1180. The molecule has 0 aliphatic carbocycles. The second-order valence-electron chi connectivity index (χ2n) is 6.53. The van der Waals surface area contributed by atoms with E-state index < -0.39 is 0 Å². The molecule has 2 aromatic carbocycles. The molecule has 0 radical (unpaired) electrons. The van der Waals surface area contributed by atoms with Crippen molar-refractivity contribution >= 4 is 16.7 Å². The number of oxime groups is 1. The summed E-state index contributed by atoms with van der Waals surface area (Å²) in [5.74, 6) is 0.539. The van der Waals surface area contributed by atoms with E-state index >= 15 is 0 Å². The third-order valence-corrected chi connectivity index (χ3v) is 4.44. The molecule has 0 aliphatic heterocycles. The highest BCUT2D eigenvalue weighted by atomic mass is 19.1. The lowest BCUT2D eigenvalue weighted by molar-refractivity contribution is 0.131. The van der Waals surface area contributed by atoms with Crippen LogP contribution in [0.3, 0.4) is 0 Å². The highest BCUT2D eigenvalue weighted by Gasteiger charge is 2.08. The standard InChI is InChI=1S/C23H19FN4O2/c24-21-9-8-18(22-20(21)7-3-11-27-22)15-30-28-23(25)17-5-1-6-19(12-17)29-14-16-4-2-10-26-13-16/h1-13H,14-15H2,(H2,25,28). The largest absolute Gasteiger partial charge is 0.489 e. The first-order chi connectivity index (χ1) is 14.7. The van der Waals surface area contributed by atoms with Gasteiger partial charge in [-0.1, -0.05) is 29.4 Å². The summed E-state index contributed by atoms with van der Waals surface area (Å²) in [6, 6.07) is 17.4. The van der Waals surface area contributed by atoms with Crippen LogP contribution in [0.15, 0.2) is 84.4 Å². The minimum absolute atomic E-state index is 0.117. The lowest BCUT2D eigenvalue weighted by Crippen LogP contribution is -2.14. The number of nitrogens with zero attached hydrogens (tertiary/aromatic N) is 3. The number of benzene rings is 2. The van der Waals surface area contributed by atoms with Crippen molar-refractivity contribution in [1.82, 2.24) is 9.97 Å². The van der Waals surface area contributed by atoms with E-state index in [-0.39, 0.29) is 18.3 Å². The molecule has 30 heavy (non-hydrogen) atoms. The highest BCUT2D eigenvalue weighted by Crippen LogP contribution is 2.20. The van der Waals surface area contributed by atoms with Crippen molar-refractivity contribution in [2.24, 2.45) is 10.9 Å². The molecule has 0 spiro atoms. The minimum atomic E-state index is -0.326. The van der Waals surface area contributed by atoms with E-state index in [4.69, 9.17) is 15.3 Å². The molecule has 4 rings (SSSR count). The first-order valence-corrected chi connectivity index (χ1v) is 9.30. The topological polar surface area (TPSA) is 82.6 Å². The number of rotatable bonds is 7. The number of pyridine rings is 2. The first kappa shape index (κ1) is 19.3. The zero-order valence-electron chi connectivity index (χ0n) is 16.0. The van der Waals surface area contributed by atoms with Crippen LogP contribution in [0, 0.1) is 5.82 Å². The average Bonchev–Trinajstić information content (AvgIpc) is 2.80. The summed E-state index contributed by atoms with van der Waals surface area (Å²) in [6.45, 7) is 0.515. The molecule has 0 saturated carbocycles. The van der Waals surface area contributed by atoms with Crippen LogP contribution in [0.5, 0.6) is 5.75 Å². The minimum Gasteiger partial charge on any atom is -0.489 e. The monoisotopic (exact) mass is 402 g/mol. The van der Waals surface area contributed by atoms with Crippen LogP contribution in [-0.2, 0) is 18.1 Å². The fourth-order valence-corrected chi connectivity index (χ4v) is 2.93. The lowest BCUT2D eigenvalue weighted by atomic mass is 10.1. The maximum Gasteiger partial charge on any atom is 0.170 e. The van der Waals surface area contributed by atoms with E-state index in [9.17, 15) is 4.39 Å². The predicted octanol–water partition coefficient (Wildman–Crippen LogP) is 4.19. The van der Waals surface area contributed by atoms with Gasteiger partial charge in [0, 0.05) is 40.7 Å². The van der Waals surface area contributed by atoms with Gasteiger partial charge in [-0.3, -0.25) is 9.97 Å². The third-order valence-electron chi connectivity index (χ3n) is 4.44. The molecule has 2 heterocycles. The molecular weight excluding hydrogens is 383 g/mol. The molecule has 0 saturated heterocycles. The van der Waals surface area contributed by atoms with Crippen LogP contribution in [0.25, 0.3) is 10.9 Å². The Morgan fingerprint density at radius 3 is 2.77 bits per heavy atom. The van der Waals surface area contributed by atoms with Crippen LogP contribution < -0.4 is 10.5 Å². The van der Waals surface area contributed by atoms with Gasteiger partial charge >= 0.3 is 0 Å². The molecule has 0 unspecified atom stereocenters. The van der Waals surface area contributed by atoms with Crippen LogP contribution in [0.4, 0.5) is 4.39 Å². The molecule has 0 atom stereocenters. The van der Waals surface area contributed by atoms with Gasteiger partial charge in [-0.2, -0.15) is 0 Å². The zero-order valence-corrected chi connectivity index (χ0v) is 16.0. The van der Waals surface area contributed by atoms with E-state index in [0.717, 1.165) is 11.1 Å². The molecule has 2 aromatic heterocycles. The molecule has 0 amide bonds. The number of aromatic nitrogens is 2. The quantitative estimate of drug-likeness (QED) is 0.285. The number of halogens is 1. The Balaban J connectivity index is 1.42. The number of nitrogens with two attached hydrogens (primary N) is 1.